The zero-order valence-electron chi connectivity index (χ0n) is 23.1. The van der Waals surface area contributed by atoms with Crippen LogP contribution in [0.15, 0.2) is 71.4 Å². The molecule has 2 aliphatic rings. The molecule has 1 heterocycles. The lowest BCUT2D eigenvalue weighted by Gasteiger charge is -2.35. The summed E-state index contributed by atoms with van der Waals surface area (Å²) in [7, 11) is 2.03. The van der Waals surface area contributed by atoms with Crippen molar-refractivity contribution in [3.63, 3.8) is 0 Å². The zero-order chi connectivity index (χ0) is 26.4. The van der Waals surface area contributed by atoms with Crippen LogP contribution in [0.25, 0.3) is 6.08 Å². The van der Waals surface area contributed by atoms with E-state index < -0.39 is 0 Å². The Morgan fingerprint density at radius 3 is 2.62 bits per heavy atom. The van der Waals surface area contributed by atoms with E-state index in [4.69, 9.17) is 11.6 Å². The summed E-state index contributed by atoms with van der Waals surface area (Å²) in [6.45, 7) is 12.1. The van der Waals surface area contributed by atoms with E-state index in [2.05, 4.69) is 70.8 Å². The van der Waals surface area contributed by atoms with Crippen LogP contribution in [-0.4, -0.2) is 26.0 Å². The Morgan fingerprint density at radius 2 is 1.92 bits per heavy atom. The molecule has 3 nitrogen and oxygen atoms in total. The Balaban J connectivity index is 1.37. The maximum atomic E-state index is 6.80. The summed E-state index contributed by atoms with van der Waals surface area (Å²) in [4.78, 5) is 9.18. The number of amidine groups is 1. The molecule has 0 spiro atoms. The third-order valence-electron chi connectivity index (χ3n) is 7.93. The van der Waals surface area contributed by atoms with Crippen molar-refractivity contribution in [3.8, 4) is 0 Å². The van der Waals surface area contributed by atoms with Crippen molar-refractivity contribution >= 4 is 34.9 Å². The van der Waals surface area contributed by atoms with Crippen LogP contribution in [0.5, 0.6) is 0 Å². The summed E-state index contributed by atoms with van der Waals surface area (Å²) in [6.07, 6.45) is 14.7. The third-order valence-corrected chi connectivity index (χ3v) is 8.23. The quantitative estimate of drug-likeness (QED) is 0.208. The number of anilines is 2. The molecule has 37 heavy (non-hydrogen) atoms. The van der Waals surface area contributed by atoms with Gasteiger partial charge in [0.2, 0.25) is 0 Å². The maximum absolute atomic E-state index is 6.80. The van der Waals surface area contributed by atoms with Crippen molar-refractivity contribution < 1.29 is 0 Å². The fraction of sp³-hybridized carbons (Fsp3) is 0.424. The van der Waals surface area contributed by atoms with E-state index in [1.165, 1.54) is 55.2 Å². The first-order chi connectivity index (χ1) is 17.9. The Bertz CT molecular complexity index is 1200. The predicted octanol–water partition coefficient (Wildman–Crippen LogP) is 8.87. The minimum atomic E-state index is 0.758. The van der Waals surface area contributed by atoms with Crippen LogP contribution in [-0.2, 0) is 12.8 Å². The fourth-order valence-corrected chi connectivity index (χ4v) is 5.92. The number of benzene rings is 2. The number of aliphatic imine (C=N–C) groups is 1. The van der Waals surface area contributed by atoms with Gasteiger partial charge in [0.25, 0.3) is 0 Å². The van der Waals surface area contributed by atoms with Gasteiger partial charge < -0.3 is 9.80 Å². The molecule has 1 aliphatic heterocycles. The van der Waals surface area contributed by atoms with Crippen molar-refractivity contribution in [2.75, 3.05) is 29.9 Å². The van der Waals surface area contributed by atoms with Gasteiger partial charge >= 0.3 is 0 Å². The van der Waals surface area contributed by atoms with Gasteiger partial charge in [-0.05, 0) is 106 Å². The van der Waals surface area contributed by atoms with Gasteiger partial charge in [-0.25, -0.2) is 4.99 Å². The molecular weight excluding hydrogens is 474 g/mol. The van der Waals surface area contributed by atoms with Crippen LogP contribution in [0.4, 0.5) is 11.4 Å². The minimum absolute atomic E-state index is 0.758. The van der Waals surface area contributed by atoms with Crippen molar-refractivity contribution in [1.82, 2.24) is 0 Å². The molecule has 0 unspecified atom stereocenters. The molecule has 0 aromatic heterocycles. The van der Waals surface area contributed by atoms with E-state index in [1.807, 2.05) is 27.0 Å². The van der Waals surface area contributed by atoms with Crippen LogP contribution in [0, 0.1) is 5.92 Å². The lowest BCUT2D eigenvalue weighted by atomic mass is 9.88. The molecule has 0 saturated carbocycles. The largest absolute Gasteiger partial charge is 0.370 e. The molecule has 4 heteroatoms. The molecule has 196 valence electrons. The highest BCUT2D eigenvalue weighted by atomic mass is 35.5. The van der Waals surface area contributed by atoms with E-state index in [0.717, 1.165) is 53.4 Å². The summed E-state index contributed by atoms with van der Waals surface area (Å²) < 4.78 is 0. The Kier molecular flexibility index (Phi) is 9.32. The van der Waals surface area contributed by atoms with Gasteiger partial charge in [0.15, 0.2) is 0 Å². The fourth-order valence-electron chi connectivity index (χ4n) is 5.63. The molecule has 0 amide bonds. The second-order valence-corrected chi connectivity index (χ2v) is 11.0. The van der Waals surface area contributed by atoms with Gasteiger partial charge in [0.1, 0.15) is 5.84 Å². The molecular formula is C33H42ClN3. The molecule has 0 bridgehead atoms. The number of halogens is 1. The molecule has 1 aliphatic carbocycles. The lowest BCUT2D eigenvalue weighted by Crippen LogP contribution is -2.34. The van der Waals surface area contributed by atoms with Crippen LogP contribution >= 0.6 is 11.6 Å². The second kappa shape index (κ2) is 12.6. The molecule has 1 saturated heterocycles. The first-order valence-corrected chi connectivity index (χ1v) is 14.2. The number of hydrogen-bond donors (Lipinski definition) is 0. The van der Waals surface area contributed by atoms with Crippen LogP contribution in [0.2, 0.25) is 5.02 Å². The summed E-state index contributed by atoms with van der Waals surface area (Å²) >= 11 is 6.80. The van der Waals surface area contributed by atoms with E-state index in [1.54, 1.807) is 11.6 Å². The summed E-state index contributed by atoms with van der Waals surface area (Å²) in [6, 6.07) is 13.5. The van der Waals surface area contributed by atoms with E-state index in [-0.39, 0.29) is 0 Å². The number of fused-ring (bicyclic) bond motifs is 1. The first kappa shape index (κ1) is 27.3. The number of piperidine rings is 1. The average molecular weight is 516 g/mol. The zero-order valence-corrected chi connectivity index (χ0v) is 23.8. The summed E-state index contributed by atoms with van der Waals surface area (Å²) in [5.74, 6) is 1.68. The van der Waals surface area contributed by atoms with Crippen molar-refractivity contribution in [1.29, 1.82) is 0 Å². The SMILES string of the molecule is C=C/C=C(C)\N=C(\C)N(C)c1ccc(N2CCC(CC3=Cc4ccc(CC)cc4CCC3)CC2)c(Cl)c1. The predicted molar refractivity (Wildman–Crippen MR) is 163 cm³/mol. The third kappa shape index (κ3) is 6.96. The summed E-state index contributed by atoms with van der Waals surface area (Å²) in [5.41, 5.74) is 9.21. The Labute approximate surface area is 229 Å². The van der Waals surface area contributed by atoms with Crippen LogP contribution in [0.3, 0.4) is 0 Å². The van der Waals surface area contributed by atoms with Gasteiger partial charge in [0.05, 0.1) is 10.7 Å². The van der Waals surface area contributed by atoms with E-state index in [9.17, 15) is 0 Å². The van der Waals surface area contributed by atoms with Gasteiger partial charge in [-0.1, -0.05) is 61.0 Å². The molecule has 0 radical (unpaired) electrons. The standard InChI is InChI=1S/C33H42ClN3/c1-6-9-24(3)35-25(4)36(5)31-14-15-33(32(34)23-31)37-18-16-27(17-19-37)20-28-10-8-11-29-21-26(7-2)12-13-30(29)22-28/h6,9,12-15,21-23,27H,1,7-8,10-11,16-20H2,2-5H3/b24-9-,35-25-. The number of allylic oxidation sites excluding steroid dienone is 4. The topological polar surface area (TPSA) is 18.8 Å². The van der Waals surface area contributed by atoms with E-state index in [0.29, 0.717) is 0 Å². The highest BCUT2D eigenvalue weighted by Gasteiger charge is 2.23. The van der Waals surface area contributed by atoms with Crippen LogP contribution in [0.1, 0.15) is 69.6 Å². The normalized spacial score (nSPS) is 17.2. The number of hydrogen-bond acceptors (Lipinski definition) is 2. The minimum Gasteiger partial charge on any atom is -0.370 e. The number of aryl methyl sites for hydroxylation is 2. The van der Waals surface area contributed by atoms with Gasteiger partial charge in [-0.2, -0.15) is 0 Å². The molecule has 1 fully saturated rings. The maximum Gasteiger partial charge on any atom is 0.105 e. The monoisotopic (exact) mass is 515 g/mol. The lowest BCUT2D eigenvalue weighted by molar-refractivity contribution is 0.399. The highest BCUT2D eigenvalue weighted by molar-refractivity contribution is 6.33. The van der Waals surface area contributed by atoms with Crippen molar-refractivity contribution in [3.05, 3.63) is 88.1 Å². The Morgan fingerprint density at radius 1 is 1.14 bits per heavy atom. The van der Waals surface area contributed by atoms with Gasteiger partial charge in [0, 0.05) is 31.5 Å². The molecule has 0 atom stereocenters. The van der Waals surface area contributed by atoms with Gasteiger partial charge in [-0.15, -0.1) is 0 Å². The Hall–Kier alpha value is -2.78. The molecule has 4 rings (SSSR count). The molecule has 2 aromatic carbocycles. The highest BCUT2D eigenvalue weighted by Crippen LogP contribution is 2.36. The second-order valence-electron chi connectivity index (χ2n) is 10.6. The molecule has 0 N–H and O–H groups in total. The number of nitrogens with zero attached hydrogens (tertiary/aromatic N) is 3. The number of rotatable bonds is 7. The van der Waals surface area contributed by atoms with Crippen molar-refractivity contribution in [2.45, 2.75) is 65.7 Å². The van der Waals surface area contributed by atoms with Crippen LogP contribution < -0.4 is 9.80 Å². The smallest absolute Gasteiger partial charge is 0.105 e. The van der Waals surface area contributed by atoms with E-state index >= 15 is 0 Å². The van der Waals surface area contributed by atoms with Gasteiger partial charge in [-0.3, -0.25) is 0 Å². The average Bonchev–Trinajstić information content (AvgIpc) is 3.09. The summed E-state index contributed by atoms with van der Waals surface area (Å²) in [5, 5.41) is 0.809. The molecule has 2 aromatic rings. The first-order valence-electron chi connectivity index (χ1n) is 13.8. The van der Waals surface area contributed by atoms with Crippen molar-refractivity contribution in [2.24, 2.45) is 10.9 Å².